The molecule has 0 aliphatic carbocycles. The third-order valence-corrected chi connectivity index (χ3v) is 3.87. The zero-order chi connectivity index (χ0) is 15.9. The fourth-order valence-electron chi connectivity index (χ4n) is 2.29. The van der Waals surface area contributed by atoms with Crippen molar-refractivity contribution in [2.45, 2.75) is 0 Å². The van der Waals surface area contributed by atoms with E-state index >= 15 is 0 Å². The Morgan fingerprint density at radius 1 is 0.565 bits per heavy atom. The normalized spacial score (nSPS) is 11.8. The zero-order valence-corrected chi connectivity index (χ0v) is 13.4. The van der Waals surface area contributed by atoms with E-state index in [1.54, 1.807) is 0 Å². The van der Waals surface area contributed by atoms with Crippen LogP contribution in [-0.4, -0.2) is 0 Å². The van der Waals surface area contributed by atoms with Gasteiger partial charge in [0, 0.05) is 5.03 Å². The molecular formula is C22H17Cl. The maximum absolute atomic E-state index is 6.37. The average molecular weight is 317 g/mol. The monoisotopic (exact) mass is 316 g/mol. The largest absolute Gasteiger partial charge is 0.0837 e. The smallest absolute Gasteiger partial charge is 0.0484 e. The van der Waals surface area contributed by atoms with Crippen LogP contribution in [0.2, 0.25) is 0 Å². The number of hydrogen-bond donors (Lipinski definition) is 0. The molecule has 0 heterocycles. The van der Waals surface area contributed by atoms with Gasteiger partial charge in [-0.3, -0.25) is 0 Å². The fourth-order valence-corrected chi connectivity index (χ4v) is 2.54. The van der Waals surface area contributed by atoms with E-state index < -0.39 is 0 Å². The fraction of sp³-hybridized carbons (Fsp3) is 0. The lowest BCUT2D eigenvalue weighted by molar-refractivity contribution is 1.61. The summed E-state index contributed by atoms with van der Waals surface area (Å²) in [6.45, 7) is 0. The quantitative estimate of drug-likeness (QED) is 0.476. The van der Waals surface area contributed by atoms with Crippen molar-refractivity contribution in [1.82, 2.24) is 0 Å². The van der Waals surface area contributed by atoms with Gasteiger partial charge in [0.2, 0.25) is 0 Å². The molecule has 3 aromatic rings. The lowest BCUT2D eigenvalue weighted by atomic mass is 10.1. The molecule has 0 aliphatic rings. The second kappa shape index (κ2) is 7.62. The van der Waals surface area contributed by atoms with Crippen LogP contribution in [0.25, 0.3) is 23.3 Å². The Kier molecular flexibility index (Phi) is 5.08. The van der Waals surface area contributed by atoms with E-state index in [1.807, 2.05) is 54.6 Å². The first kappa shape index (κ1) is 15.3. The molecular weight excluding hydrogens is 300 g/mol. The third kappa shape index (κ3) is 4.45. The molecule has 0 spiro atoms. The van der Waals surface area contributed by atoms with Crippen molar-refractivity contribution >= 4 is 34.9 Å². The Labute approximate surface area is 142 Å². The van der Waals surface area contributed by atoms with Crippen molar-refractivity contribution in [2.75, 3.05) is 0 Å². The Balaban J connectivity index is 1.74. The van der Waals surface area contributed by atoms with E-state index in [1.165, 1.54) is 11.1 Å². The summed E-state index contributed by atoms with van der Waals surface area (Å²) in [7, 11) is 0. The Morgan fingerprint density at radius 2 is 1.04 bits per heavy atom. The second-order valence-electron chi connectivity index (χ2n) is 5.27. The van der Waals surface area contributed by atoms with Gasteiger partial charge in [0.05, 0.1) is 0 Å². The van der Waals surface area contributed by atoms with E-state index in [-0.39, 0.29) is 0 Å². The zero-order valence-electron chi connectivity index (χ0n) is 12.7. The first-order chi connectivity index (χ1) is 11.3. The lowest BCUT2D eigenvalue weighted by Gasteiger charge is -2.00. The second-order valence-corrected chi connectivity index (χ2v) is 5.68. The van der Waals surface area contributed by atoms with Gasteiger partial charge in [-0.2, -0.15) is 0 Å². The summed E-state index contributed by atoms with van der Waals surface area (Å²) >= 11 is 6.37. The molecule has 1 heteroatoms. The van der Waals surface area contributed by atoms with E-state index in [0.717, 1.165) is 16.2 Å². The number of benzene rings is 3. The predicted molar refractivity (Wildman–Crippen MR) is 102 cm³/mol. The summed E-state index contributed by atoms with van der Waals surface area (Å²) in [5.74, 6) is 0. The van der Waals surface area contributed by atoms with Gasteiger partial charge >= 0.3 is 0 Å². The molecule has 0 aliphatic heterocycles. The summed E-state index contributed by atoms with van der Waals surface area (Å²) in [5, 5.41) is 0.748. The minimum Gasteiger partial charge on any atom is -0.0837 e. The maximum atomic E-state index is 6.37. The molecule has 3 rings (SSSR count). The van der Waals surface area contributed by atoms with Crippen molar-refractivity contribution in [3.8, 4) is 0 Å². The van der Waals surface area contributed by atoms with Crippen LogP contribution in [0.5, 0.6) is 0 Å². The molecule has 0 saturated heterocycles. The van der Waals surface area contributed by atoms with Crippen molar-refractivity contribution in [1.29, 1.82) is 0 Å². The molecule has 0 nitrogen and oxygen atoms in total. The summed E-state index contributed by atoms with van der Waals surface area (Å²) in [6, 6.07) is 28.6. The van der Waals surface area contributed by atoms with Crippen molar-refractivity contribution in [3.05, 3.63) is 107 Å². The van der Waals surface area contributed by atoms with Crippen LogP contribution in [0.15, 0.2) is 84.9 Å². The van der Waals surface area contributed by atoms with Gasteiger partial charge in [-0.15, -0.1) is 0 Å². The van der Waals surface area contributed by atoms with Gasteiger partial charge in [0.1, 0.15) is 0 Å². The van der Waals surface area contributed by atoms with Crippen LogP contribution >= 0.6 is 11.6 Å². The minimum absolute atomic E-state index is 0.748. The molecule has 0 N–H and O–H groups in total. The molecule has 0 saturated carbocycles. The molecule has 0 amide bonds. The first-order valence-corrected chi connectivity index (χ1v) is 7.95. The van der Waals surface area contributed by atoms with Crippen LogP contribution in [0.1, 0.15) is 22.3 Å². The van der Waals surface area contributed by atoms with Crippen molar-refractivity contribution < 1.29 is 0 Å². The molecule has 0 bridgehead atoms. The van der Waals surface area contributed by atoms with E-state index in [0.29, 0.717) is 0 Å². The lowest BCUT2D eigenvalue weighted by Crippen LogP contribution is -1.78. The van der Waals surface area contributed by atoms with Gasteiger partial charge in [-0.05, 0) is 28.3 Å². The maximum Gasteiger partial charge on any atom is 0.0484 e. The molecule has 0 unspecified atom stereocenters. The predicted octanol–water partition coefficient (Wildman–Crippen LogP) is 6.59. The third-order valence-electron chi connectivity index (χ3n) is 3.55. The molecule has 112 valence electrons. The van der Waals surface area contributed by atoms with E-state index in [2.05, 4.69) is 48.6 Å². The number of halogens is 1. The van der Waals surface area contributed by atoms with Gasteiger partial charge in [-0.25, -0.2) is 0 Å². The minimum atomic E-state index is 0.748. The Bertz CT molecular complexity index is 798. The summed E-state index contributed by atoms with van der Waals surface area (Å²) in [5.41, 5.74) is 4.49. The van der Waals surface area contributed by atoms with Crippen LogP contribution in [0.3, 0.4) is 0 Å². The Morgan fingerprint density at radius 3 is 1.65 bits per heavy atom. The van der Waals surface area contributed by atoms with Gasteiger partial charge in [0.25, 0.3) is 0 Å². The van der Waals surface area contributed by atoms with Crippen LogP contribution in [0.4, 0.5) is 0 Å². The van der Waals surface area contributed by atoms with Crippen molar-refractivity contribution in [2.24, 2.45) is 0 Å². The first-order valence-electron chi connectivity index (χ1n) is 7.57. The highest BCUT2D eigenvalue weighted by Crippen LogP contribution is 2.22. The standard InChI is InChI=1S/C22H17Cl/c23-22(21-9-5-2-6-10-21)17-20-15-13-19(14-16-20)12-11-18-7-3-1-4-8-18/h1-17H/b12-11+,22-17-. The SMILES string of the molecule is Cl/C(=C\c1ccc(/C=C/c2ccccc2)cc1)c1ccccc1. The molecule has 0 aromatic heterocycles. The summed E-state index contributed by atoms with van der Waals surface area (Å²) in [6.07, 6.45) is 6.21. The molecule has 23 heavy (non-hydrogen) atoms. The highest BCUT2D eigenvalue weighted by molar-refractivity contribution is 6.51. The summed E-state index contributed by atoms with van der Waals surface area (Å²) < 4.78 is 0. The highest BCUT2D eigenvalue weighted by Gasteiger charge is 1.97. The topological polar surface area (TPSA) is 0 Å². The van der Waals surface area contributed by atoms with Gasteiger partial charge in [0.15, 0.2) is 0 Å². The van der Waals surface area contributed by atoms with Crippen LogP contribution < -0.4 is 0 Å². The van der Waals surface area contributed by atoms with Crippen LogP contribution in [-0.2, 0) is 0 Å². The molecule has 0 fully saturated rings. The average Bonchev–Trinajstić information content (AvgIpc) is 2.63. The van der Waals surface area contributed by atoms with E-state index in [9.17, 15) is 0 Å². The summed E-state index contributed by atoms with van der Waals surface area (Å²) in [4.78, 5) is 0. The van der Waals surface area contributed by atoms with Crippen molar-refractivity contribution in [3.63, 3.8) is 0 Å². The molecule has 0 atom stereocenters. The highest BCUT2D eigenvalue weighted by atomic mass is 35.5. The van der Waals surface area contributed by atoms with E-state index in [4.69, 9.17) is 11.6 Å². The van der Waals surface area contributed by atoms with Gasteiger partial charge < -0.3 is 0 Å². The van der Waals surface area contributed by atoms with Crippen LogP contribution in [0, 0.1) is 0 Å². The molecule has 3 aromatic carbocycles. The Hall–Kier alpha value is -2.57. The number of hydrogen-bond acceptors (Lipinski definition) is 0. The van der Waals surface area contributed by atoms with Gasteiger partial charge in [-0.1, -0.05) is 109 Å². The molecule has 0 radical (unpaired) electrons. The number of rotatable bonds is 4.